The van der Waals surface area contributed by atoms with E-state index in [0.717, 1.165) is 5.56 Å². The smallest absolute Gasteiger partial charge is 0.338 e. The predicted octanol–water partition coefficient (Wildman–Crippen LogP) is 5.84. The molecule has 1 N–H and O–H groups in total. The van der Waals surface area contributed by atoms with Crippen molar-refractivity contribution >= 4 is 40.6 Å². The molecule has 3 aromatic carbocycles. The lowest BCUT2D eigenvalue weighted by atomic mass is 9.69. The number of fused-ring (bicyclic) bond motifs is 1. The zero-order valence-electron chi connectivity index (χ0n) is 28.0. The highest BCUT2D eigenvalue weighted by Crippen LogP contribution is 2.46. The topological polar surface area (TPSA) is 178 Å². The quantitative estimate of drug-likeness (QED) is 0.0840. The largest absolute Gasteiger partial charge is 0.476 e. The Bertz CT molecular complexity index is 2020. The number of rotatable bonds is 14. The van der Waals surface area contributed by atoms with Gasteiger partial charge in [0.25, 0.3) is 5.69 Å². The van der Waals surface area contributed by atoms with Crippen LogP contribution in [0.2, 0.25) is 0 Å². The van der Waals surface area contributed by atoms with Gasteiger partial charge < -0.3 is 18.8 Å². The van der Waals surface area contributed by atoms with Gasteiger partial charge in [0.15, 0.2) is 11.2 Å². The number of benzene rings is 3. The van der Waals surface area contributed by atoms with E-state index in [-0.39, 0.29) is 67.0 Å². The number of imidazole rings is 1. The molecule has 0 bridgehead atoms. The highest BCUT2D eigenvalue weighted by atomic mass is 16.6. The average molecular weight is 693 g/mol. The molecule has 14 nitrogen and oxygen atoms in total. The summed E-state index contributed by atoms with van der Waals surface area (Å²) < 4.78 is 19.4. The first-order chi connectivity index (χ1) is 24.7. The van der Waals surface area contributed by atoms with Gasteiger partial charge in [0.1, 0.15) is 0 Å². The molecule has 2 heterocycles. The van der Waals surface area contributed by atoms with Gasteiger partial charge in [0, 0.05) is 42.3 Å². The van der Waals surface area contributed by atoms with E-state index in [4.69, 9.17) is 14.2 Å². The molecule has 14 heteroatoms. The van der Waals surface area contributed by atoms with Crippen LogP contribution in [-0.4, -0.2) is 62.1 Å². The van der Waals surface area contributed by atoms with Crippen LogP contribution < -0.4 is 10.1 Å². The predicted molar refractivity (Wildman–Crippen MR) is 185 cm³/mol. The number of nitro benzene ring substituents is 1. The van der Waals surface area contributed by atoms with Crippen molar-refractivity contribution in [1.29, 1.82) is 0 Å². The molecule has 3 atom stereocenters. The number of nitro groups is 1. The Morgan fingerprint density at radius 3 is 2.14 bits per heavy atom. The molecular formula is C37H36N6O8. The Kier molecular flexibility index (Phi) is 10.6. The van der Waals surface area contributed by atoms with Crippen LogP contribution in [0.4, 0.5) is 11.6 Å². The molecule has 1 aliphatic rings. The van der Waals surface area contributed by atoms with Crippen molar-refractivity contribution < 1.29 is 33.5 Å². The highest BCUT2D eigenvalue weighted by Gasteiger charge is 2.44. The van der Waals surface area contributed by atoms with Crippen LogP contribution in [0.3, 0.4) is 0 Å². The lowest BCUT2D eigenvalue weighted by Gasteiger charge is -2.44. The summed E-state index contributed by atoms with van der Waals surface area (Å²) in [7, 11) is 0. The number of carbonyl (C=O) groups excluding carboxylic acids is 3. The molecule has 1 aliphatic carbocycles. The fourth-order valence-corrected chi connectivity index (χ4v) is 5.80. The normalized spacial score (nSPS) is 16.6. The lowest BCUT2D eigenvalue weighted by molar-refractivity contribution is -0.384. The maximum atomic E-state index is 12.9. The zero-order chi connectivity index (χ0) is 35.9. The van der Waals surface area contributed by atoms with Crippen LogP contribution in [0.25, 0.3) is 11.2 Å². The molecule has 1 saturated carbocycles. The maximum absolute atomic E-state index is 12.9. The number of aromatic nitrogens is 4. The van der Waals surface area contributed by atoms with E-state index in [1.807, 2.05) is 16.7 Å². The van der Waals surface area contributed by atoms with E-state index in [2.05, 4.69) is 20.3 Å². The number of amides is 1. The van der Waals surface area contributed by atoms with Crippen LogP contribution in [0.5, 0.6) is 5.88 Å². The van der Waals surface area contributed by atoms with Gasteiger partial charge in [-0.2, -0.15) is 9.97 Å². The Morgan fingerprint density at radius 2 is 1.53 bits per heavy atom. The number of ether oxygens (including phenoxy) is 3. The molecule has 0 spiro atoms. The summed E-state index contributed by atoms with van der Waals surface area (Å²) in [5, 5.41) is 13.8. The summed E-state index contributed by atoms with van der Waals surface area (Å²) in [5.74, 6) is -1.76. The monoisotopic (exact) mass is 692 g/mol. The Morgan fingerprint density at radius 1 is 0.902 bits per heavy atom. The van der Waals surface area contributed by atoms with Crippen molar-refractivity contribution in [1.82, 2.24) is 19.5 Å². The number of hydrogen-bond donors (Lipinski definition) is 1. The summed E-state index contributed by atoms with van der Waals surface area (Å²) in [6.07, 6.45) is 2.60. The molecule has 262 valence electrons. The van der Waals surface area contributed by atoms with Crippen LogP contribution in [0.1, 0.15) is 52.6 Å². The van der Waals surface area contributed by atoms with Gasteiger partial charge in [-0.1, -0.05) is 62.4 Å². The molecule has 1 amide bonds. The molecule has 1 fully saturated rings. The number of non-ortho nitro benzene ring substituents is 1. The third kappa shape index (κ3) is 8.18. The fraction of sp³-hybridized carbons (Fsp3) is 0.297. The molecule has 0 saturated heterocycles. The zero-order valence-corrected chi connectivity index (χ0v) is 28.0. The lowest BCUT2D eigenvalue weighted by Crippen LogP contribution is -2.44. The molecule has 5 aromatic rings. The number of esters is 2. The minimum atomic E-state index is -0.471. The van der Waals surface area contributed by atoms with Crippen LogP contribution in [0.15, 0.2) is 91.3 Å². The average Bonchev–Trinajstić information content (AvgIpc) is 3.55. The second kappa shape index (κ2) is 15.6. The van der Waals surface area contributed by atoms with E-state index in [9.17, 15) is 24.5 Å². The van der Waals surface area contributed by atoms with Crippen LogP contribution in [0, 0.1) is 27.9 Å². The van der Waals surface area contributed by atoms with Gasteiger partial charge in [-0.15, -0.1) is 0 Å². The van der Waals surface area contributed by atoms with Crippen molar-refractivity contribution in [2.75, 3.05) is 25.1 Å². The first-order valence-corrected chi connectivity index (χ1v) is 16.5. The number of hydrogen-bond acceptors (Lipinski definition) is 11. The van der Waals surface area contributed by atoms with Crippen LogP contribution >= 0.6 is 0 Å². The first kappa shape index (κ1) is 34.7. The summed E-state index contributed by atoms with van der Waals surface area (Å²) in [5.41, 5.74) is 2.44. The van der Waals surface area contributed by atoms with E-state index < -0.39 is 16.9 Å². The van der Waals surface area contributed by atoms with Gasteiger partial charge in [0.2, 0.25) is 17.7 Å². The molecule has 6 rings (SSSR count). The number of nitrogens with one attached hydrogen (secondary N) is 1. The van der Waals surface area contributed by atoms with Crippen LogP contribution in [-0.2, 0) is 20.7 Å². The SMILES string of the molecule is CC(C)C(=O)Nc1nc(OCCc2ccc([N+](=O)[O-])cc2)c2ncn(C3CC(COC(=O)c4ccccc4)C3COC(=O)c3ccccc3)c2n1. The van der Waals surface area contributed by atoms with Crippen molar-refractivity contribution in [3.8, 4) is 5.88 Å². The third-order valence-electron chi connectivity index (χ3n) is 8.78. The van der Waals surface area contributed by atoms with Crippen molar-refractivity contribution in [3.63, 3.8) is 0 Å². The molecular weight excluding hydrogens is 656 g/mol. The number of carbonyl (C=O) groups is 3. The van der Waals surface area contributed by atoms with E-state index in [1.54, 1.807) is 80.8 Å². The first-order valence-electron chi connectivity index (χ1n) is 16.5. The Labute approximate surface area is 292 Å². The van der Waals surface area contributed by atoms with Gasteiger partial charge in [0.05, 0.1) is 42.2 Å². The second-order valence-electron chi connectivity index (χ2n) is 12.5. The summed E-state index contributed by atoms with van der Waals surface area (Å²) in [6, 6.07) is 23.3. The van der Waals surface area contributed by atoms with Crippen molar-refractivity contribution in [2.24, 2.45) is 17.8 Å². The number of anilines is 1. The molecule has 51 heavy (non-hydrogen) atoms. The standard InChI is InChI=1S/C37H36N6O8/c1-23(2)33(44)40-37-39-32-31(34(41-37)49-18-17-24-13-15-28(16-14-24)43(47)48)38-22-42(32)30-19-27(20-50-35(45)25-9-5-3-6-10-25)29(30)21-51-36(46)26-11-7-4-8-12-26/h3-16,22-23,27,29-30H,17-21H2,1-2H3,(H,39,40,41,44). The molecule has 0 aliphatic heterocycles. The van der Waals surface area contributed by atoms with E-state index in [0.29, 0.717) is 35.1 Å². The summed E-state index contributed by atoms with van der Waals surface area (Å²) in [4.78, 5) is 62.6. The van der Waals surface area contributed by atoms with Crippen molar-refractivity contribution in [3.05, 3.63) is 118 Å². The Hall–Kier alpha value is -6.18. The highest BCUT2D eigenvalue weighted by molar-refractivity contribution is 5.92. The molecule has 0 radical (unpaired) electrons. The fourth-order valence-electron chi connectivity index (χ4n) is 5.80. The minimum Gasteiger partial charge on any atom is -0.476 e. The van der Waals surface area contributed by atoms with Gasteiger partial charge in [-0.25, -0.2) is 14.6 Å². The van der Waals surface area contributed by atoms with E-state index in [1.165, 1.54) is 12.1 Å². The minimum absolute atomic E-state index is 0.00558. The summed E-state index contributed by atoms with van der Waals surface area (Å²) >= 11 is 0. The van der Waals surface area contributed by atoms with Gasteiger partial charge >= 0.3 is 11.9 Å². The van der Waals surface area contributed by atoms with Crippen molar-refractivity contribution in [2.45, 2.75) is 32.7 Å². The van der Waals surface area contributed by atoms with E-state index >= 15 is 0 Å². The third-order valence-corrected chi connectivity index (χ3v) is 8.78. The van der Waals surface area contributed by atoms with Gasteiger partial charge in [-0.3, -0.25) is 20.2 Å². The molecule has 2 aromatic heterocycles. The summed E-state index contributed by atoms with van der Waals surface area (Å²) in [6.45, 7) is 3.84. The Balaban J connectivity index is 1.24. The molecule has 3 unspecified atom stereocenters. The maximum Gasteiger partial charge on any atom is 0.338 e. The van der Waals surface area contributed by atoms with Gasteiger partial charge in [-0.05, 0) is 36.2 Å². The number of nitrogens with zero attached hydrogens (tertiary/aromatic N) is 5. The second-order valence-corrected chi connectivity index (χ2v) is 12.5.